The first-order valence-corrected chi connectivity index (χ1v) is 9.00. The molecule has 0 N–H and O–H groups in total. The zero-order chi connectivity index (χ0) is 15.7. The van der Waals surface area contributed by atoms with Gasteiger partial charge in [0, 0.05) is 19.3 Å². The van der Waals surface area contributed by atoms with Crippen molar-refractivity contribution in [1.82, 2.24) is 9.97 Å². The first-order chi connectivity index (χ1) is 10.5. The van der Waals surface area contributed by atoms with Gasteiger partial charge in [0.25, 0.3) is 0 Å². The second kappa shape index (κ2) is 6.02. The Morgan fingerprint density at radius 2 is 1.95 bits per heavy atom. The number of anilines is 1. The van der Waals surface area contributed by atoms with E-state index < -0.39 is 15.1 Å². The van der Waals surface area contributed by atoms with Crippen molar-refractivity contribution in [3.05, 3.63) is 46.8 Å². The smallest absolute Gasteiger partial charge is 0.224 e. The first kappa shape index (κ1) is 15.5. The summed E-state index contributed by atoms with van der Waals surface area (Å²) in [5.74, 6) is 0.636. The van der Waals surface area contributed by atoms with E-state index in [2.05, 4.69) is 9.97 Å². The van der Waals surface area contributed by atoms with Gasteiger partial charge in [-0.15, -0.1) is 0 Å². The van der Waals surface area contributed by atoms with E-state index in [1.807, 2.05) is 4.90 Å². The van der Waals surface area contributed by atoms with Gasteiger partial charge in [0.1, 0.15) is 5.82 Å². The Morgan fingerprint density at radius 1 is 1.18 bits per heavy atom. The third-order valence-corrected chi connectivity index (χ3v) is 6.52. The lowest BCUT2D eigenvalue weighted by molar-refractivity contribution is 0.583. The van der Waals surface area contributed by atoms with Crippen LogP contribution in [0, 0.1) is 0 Å². The number of sulfone groups is 1. The van der Waals surface area contributed by atoms with E-state index in [0.717, 1.165) is 0 Å². The molecule has 1 aliphatic heterocycles. The fraction of sp³-hybridized carbons (Fsp3) is 0.286. The molecule has 1 saturated heterocycles. The van der Waals surface area contributed by atoms with Crippen molar-refractivity contribution in [2.45, 2.75) is 16.6 Å². The van der Waals surface area contributed by atoms with Crippen LogP contribution in [0.15, 0.2) is 41.4 Å². The summed E-state index contributed by atoms with van der Waals surface area (Å²) in [5, 5.41) is -0.109. The molecule has 1 atom stereocenters. The molecule has 1 unspecified atom stereocenters. The highest BCUT2D eigenvalue weighted by Gasteiger charge is 2.35. The van der Waals surface area contributed by atoms with E-state index in [1.54, 1.807) is 36.5 Å². The molecule has 1 fully saturated rings. The maximum absolute atomic E-state index is 12.7. The number of benzene rings is 1. The summed E-state index contributed by atoms with van der Waals surface area (Å²) in [4.78, 5) is 10.0. The van der Waals surface area contributed by atoms with Crippen molar-refractivity contribution in [1.29, 1.82) is 0 Å². The maximum Gasteiger partial charge on any atom is 0.224 e. The van der Waals surface area contributed by atoms with Gasteiger partial charge in [-0.2, -0.15) is 0 Å². The van der Waals surface area contributed by atoms with Crippen molar-refractivity contribution < 1.29 is 8.42 Å². The number of hydrogen-bond donors (Lipinski definition) is 0. The Hall–Kier alpha value is -1.37. The van der Waals surface area contributed by atoms with Crippen LogP contribution >= 0.6 is 23.2 Å². The van der Waals surface area contributed by atoms with Crippen molar-refractivity contribution in [3.8, 4) is 0 Å². The van der Waals surface area contributed by atoms with Crippen LogP contribution in [0.2, 0.25) is 10.3 Å². The topological polar surface area (TPSA) is 63.2 Å². The molecule has 0 amide bonds. The molecule has 22 heavy (non-hydrogen) atoms. The van der Waals surface area contributed by atoms with Crippen LogP contribution in [-0.2, 0) is 9.84 Å². The summed E-state index contributed by atoms with van der Waals surface area (Å²) in [6, 6.07) is 8.24. The second-order valence-electron chi connectivity index (χ2n) is 5.02. The zero-order valence-electron chi connectivity index (χ0n) is 11.5. The molecule has 1 aromatic carbocycles. The SMILES string of the molecule is O=S(=O)(c1ccccc1Cl)C1CCN(c2ccnc(Cl)n2)C1. The van der Waals surface area contributed by atoms with Crippen LogP contribution in [0.1, 0.15) is 6.42 Å². The standard InChI is InChI=1S/C14H13Cl2N3O2S/c15-11-3-1-2-4-12(11)22(20,21)10-6-8-19(9-10)13-5-7-17-14(16)18-13/h1-5,7,10H,6,8-9H2. The Kier molecular flexibility index (Phi) is 4.25. The van der Waals surface area contributed by atoms with Gasteiger partial charge < -0.3 is 4.90 Å². The van der Waals surface area contributed by atoms with Crippen LogP contribution in [0.3, 0.4) is 0 Å². The monoisotopic (exact) mass is 357 g/mol. The molecular weight excluding hydrogens is 345 g/mol. The molecule has 0 aliphatic carbocycles. The van der Waals surface area contributed by atoms with Gasteiger partial charge in [-0.25, -0.2) is 18.4 Å². The Labute approximate surface area is 138 Å². The van der Waals surface area contributed by atoms with Crippen molar-refractivity contribution in [2.24, 2.45) is 0 Å². The molecule has 0 saturated carbocycles. The highest BCUT2D eigenvalue weighted by molar-refractivity contribution is 7.92. The summed E-state index contributed by atoms with van der Waals surface area (Å²) >= 11 is 11.8. The number of hydrogen-bond acceptors (Lipinski definition) is 5. The summed E-state index contributed by atoms with van der Waals surface area (Å²) in [6.45, 7) is 0.961. The molecule has 5 nitrogen and oxygen atoms in total. The molecule has 2 heterocycles. The second-order valence-corrected chi connectivity index (χ2v) is 7.96. The average molecular weight is 358 g/mol. The summed E-state index contributed by atoms with van der Waals surface area (Å²) in [5.41, 5.74) is 0. The number of aromatic nitrogens is 2. The molecule has 0 radical (unpaired) electrons. The van der Waals surface area contributed by atoms with Gasteiger partial charge in [-0.05, 0) is 36.2 Å². The Balaban J connectivity index is 1.85. The van der Waals surface area contributed by atoms with Crippen molar-refractivity contribution in [2.75, 3.05) is 18.0 Å². The molecule has 8 heteroatoms. The minimum Gasteiger partial charge on any atom is -0.355 e. The Bertz CT molecular complexity index is 798. The minimum atomic E-state index is -3.47. The molecule has 0 spiro atoms. The van der Waals surface area contributed by atoms with Crippen LogP contribution in [0.4, 0.5) is 5.82 Å². The highest BCUT2D eigenvalue weighted by Crippen LogP contribution is 2.30. The summed E-state index contributed by atoms with van der Waals surface area (Å²) in [7, 11) is -3.47. The van der Waals surface area contributed by atoms with Crippen molar-refractivity contribution >= 4 is 38.9 Å². The van der Waals surface area contributed by atoms with Gasteiger partial charge in [-0.3, -0.25) is 0 Å². The van der Waals surface area contributed by atoms with Crippen LogP contribution in [-0.4, -0.2) is 36.7 Å². The van der Waals surface area contributed by atoms with Gasteiger partial charge >= 0.3 is 0 Å². The zero-order valence-corrected chi connectivity index (χ0v) is 13.8. The van der Waals surface area contributed by atoms with E-state index in [9.17, 15) is 8.42 Å². The first-order valence-electron chi connectivity index (χ1n) is 6.70. The fourth-order valence-electron chi connectivity index (χ4n) is 2.55. The van der Waals surface area contributed by atoms with Gasteiger partial charge in [-0.1, -0.05) is 23.7 Å². The normalized spacial score (nSPS) is 18.6. The molecule has 1 aromatic heterocycles. The highest BCUT2D eigenvalue weighted by atomic mass is 35.5. The number of rotatable bonds is 3. The molecule has 116 valence electrons. The largest absolute Gasteiger partial charge is 0.355 e. The van der Waals surface area contributed by atoms with Gasteiger partial charge in [0.15, 0.2) is 9.84 Å². The van der Waals surface area contributed by atoms with E-state index in [-0.39, 0.29) is 15.2 Å². The molecule has 2 aromatic rings. The molecular formula is C14H13Cl2N3O2S. The summed E-state index contributed by atoms with van der Waals surface area (Å²) in [6.07, 6.45) is 2.08. The van der Waals surface area contributed by atoms with Crippen molar-refractivity contribution in [3.63, 3.8) is 0 Å². The molecule has 1 aliphatic rings. The maximum atomic E-state index is 12.7. The van der Waals surface area contributed by atoms with E-state index in [0.29, 0.717) is 25.3 Å². The predicted molar refractivity (Wildman–Crippen MR) is 86.3 cm³/mol. The van der Waals surface area contributed by atoms with Crippen LogP contribution in [0.5, 0.6) is 0 Å². The molecule has 3 rings (SSSR count). The fourth-order valence-corrected chi connectivity index (χ4v) is 4.91. The van der Waals surface area contributed by atoms with E-state index >= 15 is 0 Å². The third kappa shape index (κ3) is 2.91. The van der Waals surface area contributed by atoms with Gasteiger partial charge in [0.05, 0.1) is 15.2 Å². The predicted octanol–water partition coefficient (Wildman–Crippen LogP) is 2.84. The minimum absolute atomic E-state index is 0.148. The molecule has 0 bridgehead atoms. The Morgan fingerprint density at radius 3 is 2.68 bits per heavy atom. The quantitative estimate of drug-likeness (QED) is 0.790. The lowest BCUT2D eigenvalue weighted by atomic mass is 10.4. The number of halogens is 2. The summed E-state index contributed by atoms with van der Waals surface area (Å²) < 4.78 is 25.5. The number of nitrogens with zero attached hydrogens (tertiary/aromatic N) is 3. The lowest BCUT2D eigenvalue weighted by Gasteiger charge is -2.17. The lowest BCUT2D eigenvalue weighted by Crippen LogP contribution is -2.27. The van der Waals surface area contributed by atoms with Gasteiger partial charge in [0.2, 0.25) is 5.28 Å². The third-order valence-electron chi connectivity index (χ3n) is 3.66. The van der Waals surface area contributed by atoms with E-state index in [1.165, 1.54) is 0 Å². The average Bonchev–Trinajstić information content (AvgIpc) is 2.98. The van der Waals surface area contributed by atoms with Crippen LogP contribution < -0.4 is 4.90 Å². The van der Waals surface area contributed by atoms with E-state index in [4.69, 9.17) is 23.2 Å². The van der Waals surface area contributed by atoms with Crippen LogP contribution in [0.25, 0.3) is 0 Å².